The average Bonchev–Trinajstić information content (AvgIpc) is 2.24. The number of alkyl halides is 1. The normalized spacial score (nSPS) is 10.4. The lowest BCUT2D eigenvalue weighted by atomic mass is 9.99. The van der Waals surface area contributed by atoms with Crippen molar-refractivity contribution in [2.45, 2.75) is 27.2 Å². The molecule has 0 atom stereocenters. The van der Waals surface area contributed by atoms with Gasteiger partial charge in [0.05, 0.1) is 0 Å². The van der Waals surface area contributed by atoms with Crippen LogP contribution in [0.25, 0.3) is 0 Å². The van der Waals surface area contributed by atoms with Gasteiger partial charge in [-0.15, -0.1) is 0 Å². The first-order valence-electron chi connectivity index (χ1n) is 5.86. The van der Waals surface area contributed by atoms with Crippen molar-refractivity contribution in [3.8, 4) is 0 Å². The third-order valence-electron chi connectivity index (χ3n) is 2.86. The Morgan fingerprint density at radius 2 is 1.76 bits per heavy atom. The van der Waals surface area contributed by atoms with Crippen molar-refractivity contribution in [2.24, 2.45) is 0 Å². The van der Waals surface area contributed by atoms with E-state index in [1.54, 1.807) is 4.90 Å². The van der Waals surface area contributed by atoms with E-state index in [2.05, 4.69) is 35.0 Å². The van der Waals surface area contributed by atoms with Crippen molar-refractivity contribution in [1.82, 2.24) is 4.90 Å². The number of halogens is 1. The summed E-state index contributed by atoms with van der Waals surface area (Å²) in [4.78, 5) is 14.1. The Morgan fingerprint density at radius 3 is 2.24 bits per heavy atom. The SMILES string of the molecule is Cc1cc(C)c(C(=O)N(C)CCCBr)c(C)c1. The second-order valence-corrected chi connectivity index (χ2v) is 5.34. The molecule has 3 heteroatoms. The minimum absolute atomic E-state index is 0.126. The summed E-state index contributed by atoms with van der Waals surface area (Å²) in [7, 11) is 1.86. The fourth-order valence-corrected chi connectivity index (χ4v) is 2.36. The lowest BCUT2D eigenvalue weighted by Crippen LogP contribution is -2.29. The summed E-state index contributed by atoms with van der Waals surface area (Å²) in [6.07, 6.45) is 0.978. The van der Waals surface area contributed by atoms with Crippen molar-refractivity contribution in [1.29, 1.82) is 0 Å². The molecule has 0 aliphatic heterocycles. The first kappa shape index (κ1) is 14.2. The van der Waals surface area contributed by atoms with E-state index in [4.69, 9.17) is 0 Å². The van der Waals surface area contributed by atoms with Crippen LogP contribution in [0.3, 0.4) is 0 Å². The Hall–Kier alpha value is -0.830. The van der Waals surface area contributed by atoms with Gasteiger partial charge in [0, 0.05) is 24.5 Å². The minimum atomic E-state index is 0.126. The smallest absolute Gasteiger partial charge is 0.254 e. The first-order chi connectivity index (χ1) is 7.97. The van der Waals surface area contributed by atoms with Crippen molar-refractivity contribution >= 4 is 21.8 Å². The molecule has 2 nitrogen and oxygen atoms in total. The number of aryl methyl sites for hydroxylation is 3. The number of benzene rings is 1. The van der Waals surface area contributed by atoms with E-state index in [1.807, 2.05) is 20.9 Å². The third-order valence-corrected chi connectivity index (χ3v) is 3.43. The topological polar surface area (TPSA) is 20.3 Å². The zero-order valence-electron chi connectivity index (χ0n) is 11.0. The van der Waals surface area contributed by atoms with Crippen LogP contribution in [0.15, 0.2) is 12.1 Å². The average molecular weight is 298 g/mol. The highest BCUT2D eigenvalue weighted by Crippen LogP contribution is 2.18. The van der Waals surface area contributed by atoms with E-state index >= 15 is 0 Å². The van der Waals surface area contributed by atoms with Gasteiger partial charge < -0.3 is 4.90 Å². The summed E-state index contributed by atoms with van der Waals surface area (Å²) in [6, 6.07) is 4.14. The molecule has 0 saturated heterocycles. The standard InChI is InChI=1S/C14H20BrNO/c1-10-8-11(2)13(12(3)9-10)14(17)16(4)7-5-6-15/h8-9H,5-7H2,1-4H3. The summed E-state index contributed by atoms with van der Waals surface area (Å²) in [5.74, 6) is 0.126. The van der Waals surface area contributed by atoms with Crippen LogP contribution in [-0.2, 0) is 0 Å². The van der Waals surface area contributed by atoms with Gasteiger partial charge in [-0.25, -0.2) is 0 Å². The summed E-state index contributed by atoms with van der Waals surface area (Å²) < 4.78 is 0. The Labute approximate surface area is 112 Å². The number of rotatable bonds is 4. The second-order valence-electron chi connectivity index (χ2n) is 4.54. The summed E-state index contributed by atoms with van der Waals surface area (Å²) in [5, 5.41) is 0.927. The van der Waals surface area contributed by atoms with Crippen molar-refractivity contribution in [3.63, 3.8) is 0 Å². The fraction of sp³-hybridized carbons (Fsp3) is 0.500. The lowest BCUT2D eigenvalue weighted by molar-refractivity contribution is 0.0794. The quantitative estimate of drug-likeness (QED) is 0.779. The number of carbonyl (C=O) groups is 1. The van der Waals surface area contributed by atoms with Gasteiger partial charge in [-0.05, 0) is 38.3 Å². The van der Waals surface area contributed by atoms with Crippen LogP contribution in [0.5, 0.6) is 0 Å². The number of carbonyl (C=O) groups excluding carboxylic acids is 1. The molecule has 0 spiro atoms. The van der Waals surface area contributed by atoms with E-state index < -0.39 is 0 Å². The van der Waals surface area contributed by atoms with Crippen LogP contribution in [0.4, 0.5) is 0 Å². The number of hydrogen-bond donors (Lipinski definition) is 0. The highest BCUT2D eigenvalue weighted by Gasteiger charge is 2.16. The van der Waals surface area contributed by atoms with E-state index in [1.165, 1.54) is 5.56 Å². The zero-order valence-corrected chi connectivity index (χ0v) is 12.6. The van der Waals surface area contributed by atoms with Gasteiger partial charge in [0.15, 0.2) is 0 Å². The molecule has 0 unspecified atom stereocenters. The second kappa shape index (κ2) is 6.20. The Morgan fingerprint density at radius 1 is 1.24 bits per heavy atom. The van der Waals surface area contributed by atoms with E-state index in [-0.39, 0.29) is 5.91 Å². The zero-order chi connectivity index (χ0) is 13.0. The van der Waals surface area contributed by atoms with Crippen LogP contribution < -0.4 is 0 Å². The number of hydrogen-bond acceptors (Lipinski definition) is 1. The summed E-state index contributed by atoms with van der Waals surface area (Å²) in [5.41, 5.74) is 4.20. The fourth-order valence-electron chi connectivity index (χ4n) is 2.11. The molecular weight excluding hydrogens is 278 g/mol. The lowest BCUT2D eigenvalue weighted by Gasteiger charge is -2.19. The monoisotopic (exact) mass is 297 g/mol. The minimum Gasteiger partial charge on any atom is -0.342 e. The molecule has 0 aliphatic rings. The van der Waals surface area contributed by atoms with E-state index in [0.717, 1.165) is 35.0 Å². The van der Waals surface area contributed by atoms with Crippen molar-refractivity contribution in [3.05, 3.63) is 34.4 Å². The van der Waals surface area contributed by atoms with Gasteiger partial charge in [-0.1, -0.05) is 33.6 Å². The molecule has 0 bridgehead atoms. The Bertz CT molecular complexity index is 392. The maximum Gasteiger partial charge on any atom is 0.254 e. The molecule has 0 radical (unpaired) electrons. The van der Waals surface area contributed by atoms with Crippen molar-refractivity contribution in [2.75, 3.05) is 18.9 Å². The summed E-state index contributed by atoms with van der Waals surface area (Å²) in [6.45, 7) is 6.86. The molecule has 0 aromatic heterocycles. The molecule has 0 fully saturated rings. The predicted octanol–water partition coefficient (Wildman–Crippen LogP) is 3.47. The van der Waals surface area contributed by atoms with Gasteiger partial charge in [-0.2, -0.15) is 0 Å². The van der Waals surface area contributed by atoms with Crippen LogP contribution in [0.2, 0.25) is 0 Å². The van der Waals surface area contributed by atoms with E-state index in [0.29, 0.717) is 0 Å². The largest absolute Gasteiger partial charge is 0.342 e. The molecule has 1 rings (SSSR count). The first-order valence-corrected chi connectivity index (χ1v) is 6.98. The maximum absolute atomic E-state index is 12.3. The number of nitrogens with zero attached hydrogens (tertiary/aromatic N) is 1. The molecule has 0 N–H and O–H groups in total. The third kappa shape index (κ3) is 3.56. The molecule has 1 aromatic rings. The van der Waals surface area contributed by atoms with Crippen molar-refractivity contribution < 1.29 is 4.79 Å². The number of amides is 1. The Kier molecular flexibility index (Phi) is 5.19. The molecule has 94 valence electrons. The van der Waals surface area contributed by atoms with Gasteiger partial charge in [0.25, 0.3) is 5.91 Å². The van der Waals surface area contributed by atoms with E-state index in [9.17, 15) is 4.79 Å². The predicted molar refractivity (Wildman–Crippen MR) is 76.0 cm³/mol. The molecular formula is C14H20BrNO. The molecule has 0 saturated carbocycles. The summed E-state index contributed by atoms with van der Waals surface area (Å²) >= 11 is 3.38. The van der Waals surface area contributed by atoms with Gasteiger partial charge in [-0.3, -0.25) is 4.79 Å². The highest BCUT2D eigenvalue weighted by molar-refractivity contribution is 9.09. The maximum atomic E-state index is 12.3. The van der Waals surface area contributed by atoms with Crippen LogP contribution in [0, 0.1) is 20.8 Å². The van der Waals surface area contributed by atoms with Crippen LogP contribution >= 0.6 is 15.9 Å². The van der Waals surface area contributed by atoms with Crippen LogP contribution in [0.1, 0.15) is 33.5 Å². The molecule has 1 amide bonds. The molecule has 0 heterocycles. The van der Waals surface area contributed by atoms with Gasteiger partial charge >= 0.3 is 0 Å². The van der Waals surface area contributed by atoms with Gasteiger partial charge in [0.2, 0.25) is 0 Å². The Balaban J connectivity index is 2.96. The van der Waals surface area contributed by atoms with Gasteiger partial charge in [0.1, 0.15) is 0 Å². The molecule has 0 aliphatic carbocycles. The molecule has 17 heavy (non-hydrogen) atoms. The molecule has 1 aromatic carbocycles. The highest BCUT2D eigenvalue weighted by atomic mass is 79.9. The van der Waals surface area contributed by atoms with Crippen LogP contribution in [-0.4, -0.2) is 29.7 Å².